The number of hydrogen-bond donors (Lipinski definition) is 1. The third-order valence-corrected chi connectivity index (χ3v) is 4.36. The highest BCUT2D eigenvalue weighted by Gasteiger charge is 2.16. The third-order valence-electron chi connectivity index (χ3n) is 3.17. The Morgan fingerprint density at radius 3 is 2.33 bits per heavy atom. The largest absolute Gasteiger partial charge is 0.496 e. The Morgan fingerprint density at radius 1 is 1.22 bits per heavy atom. The van der Waals surface area contributed by atoms with Gasteiger partial charge in [-0.05, 0) is 44.4 Å². The molecule has 0 spiro atoms. The first-order chi connectivity index (χ1) is 8.40. The molecule has 0 saturated heterocycles. The maximum Gasteiger partial charge on any atom is 0.143 e. The number of methoxy groups -OCH3 is 1. The SMILES string of the molecule is COc1c(C)c(C)c(Br)c(C)c1CNCC(C)=O. The highest BCUT2D eigenvalue weighted by atomic mass is 79.9. The topological polar surface area (TPSA) is 38.3 Å². The van der Waals surface area contributed by atoms with Crippen LogP contribution in [0.1, 0.15) is 29.2 Å². The van der Waals surface area contributed by atoms with Gasteiger partial charge in [0.25, 0.3) is 0 Å². The van der Waals surface area contributed by atoms with Gasteiger partial charge in [-0.1, -0.05) is 15.9 Å². The fraction of sp³-hybridized carbons (Fsp3) is 0.500. The van der Waals surface area contributed by atoms with E-state index in [1.54, 1.807) is 14.0 Å². The smallest absolute Gasteiger partial charge is 0.143 e. The predicted molar refractivity (Wildman–Crippen MR) is 77.3 cm³/mol. The number of ether oxygens (including phenoxy) is 1. The van der Waals surface area contributed by atoms with Gasteiger partial charge in [-0.15, -0.1) is 0 Å². The molecule has 0 aromatic heterocycles. The number of Topliss-reactive ketones (excluding diaryl/α,β-unsaturated/α-hetero) is 1. The van der Waals surface area contributed by atoms with Crippen LogP contribution < -0.4 is 10.1 Å². The second-order valence-corrected chi connectivity index (χ2v) is 5.30. The summed E-state index contributed by atoms with van der Waals surface area (Å²) < 4.78 is 6.62. The maximum absolute atomic E-state index is 11.0. The van der Waals surface area contributed by atoms with Gasteiger partial charge >= 0.3 is 0 Å². The number of rotatable bonds is 5. The van der Waals surface area contributed by atoms with Crippen molar-refractivity contribution in [3.63, 3.8) is 0 Å². The van der Waals surface area contributed by atoms with E-state index < -0.39 is 0 Å². The highest BCUT2D eigenvalue weighted by Crippen LogP contribution is 2.35. The summed E-state index contributed by atoms with van der Waals surface area (Å²) in [6.45, 7) is 8.77. The van der Waals surface area contributed by atoms with Crippen LogP contribution in [0, 0.1) is 20.8 Å². The van der Waals surface area contributed by atoms with Crippen LogP contribution in [0.15, 0.2) is 4.47 Å². The summed E-state index contributed by atoms with van der Waals surface area (Å²) in [7, 11) is 1.68. The van der Waals surface area contributed by atoms with Gasteiger partial charge in [-0.3, -0.25) is 4.79 Å². The third kappa shape index (κ3) is 3.12. The van der Waals surface area contributed by atoms with E-state index in [2.05, 4.69) is 35.1 Å². The number of carbonyl (C=O) groups excluding carboxylic acids is 1. The Morgan fingerprint density at radius 2 is 1.83 bits per heavy atom. The predicted octanol–water partition coefficient (Wildman–Crippen LogP) is 3.06. The van der Waals surface area contributed by atoms with Crippen LogP contribution in [0.2, 0.25) is 0 Å². The zero-order valence-electron chi connectivity index (χ0n) is 11.6. The van der Waals surface area contributed by atoms with E-state index in [9.17, 15) is 4.79 Å². The van der Waals surface area contributed by atoms with Gasteiger partial charge in [0.05, 0.1) is 13.7 Å². The monoisotopic (exact) mass is 313 g/mol. The average Bonchev–Trinajstić information content (AvgIpc) is 2.33. The lowest BCUT2D eigenvalue weighted by molar-refractivity contribution is -0.116. The van der Waals surface area contributed by atoms with Crippen LogP contribution in [0.5, 0.6) is 5.75 Å². The molecule has 0 unspecified atom stereocenters. The molecule has 18 heavy (non-hydrogen) atoms. The number of nitrogens with one attached hydrogen (secondary N) is 1. The molecule has 3 nitrogen and oxygen atoms in total. The van der Waals surface area contributed by atoms with E-state index in [0.29, 0.717) is 13.1 Å². The van der Waals surface area contributed by atoms with Crippen LogP contribution in [-0.4, -0.2) is 19.4 Å². The Balaban J connectivity index is 3.12. The first kappa shape index (κ1) is 15.2. The van der Waals surface area contributed by atoms with Gasteiger partial charge in [0.15, 0.2) is 0 Å². The van der Waals surface area contributed by atoms with Crippen LogP contribution in [0.4, 0.5) is 0 Å². The van der Waals surface area contributed by atoms with E-state index in [-0.39, 0.29) is 5.78 Å². The minimum Gasteiger partial charge on any atom is -0.496 e. The normalized spacial score (nSPS) is 10.6. The lowest BCUT2D eigenvalue weighted by Gasteiger charge is -2.19. The molecule has 0 aliphatic rings. The van der Waals surface area contributed by atoms with Gasteiger partial charge in [0.1, 0.15) is 11.5 Å². The minimum absolute atomic E-state index is 0.134. The fourth-order valence-electron chi connectivity index (χ4n) is 2.00. The number of halogens is 1. The first-order valence-electron chi connectivity index (χ1n) is 5.92. The zero-order chi connectivity index (χ0) is 13.9. The molecule has 0 fully saturated rings. The van der Waals surface area contributed by atoms with Gasteiger partial charge < -0.3 is 10.1 Å². The first-order valence-corrected chi connectivity index (χ1v) is 6.71. The van der Waals surface area contributed by atoms with Crippen molar-refractivity contribution in [2.24, 2.45) is 0 Å². The molecule has 100 valence electrons. The molecule has 0 heterocycles. The summed E-state index contributed by atoms with van der Waals surface area (Å²) in [5.41, 5.74) is 4.59. The Bertz CT molecular complexity index is 470. The summed E-state index contributed by atoms with van der Waals surface area (Å²) in [5.74, 6) is 1.04. The summed E-state index contributed by atoms with van der Waals surface area (Å²) >= 11 is 3.61. The van der Waals surface area contributed by atoms with Crippen LogP contribution in [0.3, 0.4) is 0 Å². The van der Waals surface area contributed by atoms with E-state index >= 15 is 0 Å². The van der Waals surface area contributed by atoms with Crippen molar-refractivity contribution in [2.45, 2.75) is 34.2 Å². The van der Waals surface area contributed by atoms with Gasteiger partial charge in [-0.2, -0.15) is 0 Å². The van der Waals surface area contributed by atoms with Crippen LogP contribution in [-0.2, 0) is 11.3 Å². The van der Waals surface area contributed by atoms with E-state index in [0.717, 1.165) is 26.9 Å². The van der Waals surface area contributed by atoms with Crippen molar-refractivity contribution in [3.8, 4) is 5.75 Å². The standard InChI is InChI=1S/C14H20BrNO2/c1-8(17)6-16-7-12-11(4)13(15)9(2)10(3)14(12)18-5/h16H,6-7H2,1-5H3. The molecule has 0 saturated carbocycles. The summed E-state index contributed by atoms with van der Waals surface area (Å²) in [4.78, 5) is 11.0. The van der Waals surface area contributed by atoms with Crippen molar-refractivity contribution in [1.82, 2.24) is 5.32 Å². The van der Waals surface area contributed by atoms with E-state index in [4.69, 9.17) is 4.74 Å². The van der Waals surface area contributed by atoms with Crippen molar-refractivity contribution in [2.75, 3.05) is 13.7 Å². The lowest BCUT2D eigenvalue weighted by Crippen LogP contribution is -2.21. The highest BCUT2D eigenvalue weighted by molar-refractivity contribution is 9.10. The van der Waals surface area contributed by atoms with Crippen molar-refractivity contribution in [3.05, 3.63) is 26.7 Å². The molecule has 0 aliphatic carbocycles. The Kier molecular flexibility index (Phi) is 5.35. The average molecular weight is 314 g/mol. The number of benzene rings is 1. The van der Waals surface area contributed by atoms with Gasteiger partial charge in [-0.25, -0.2) is 0 Å². The minimum atomic E-state index is 0.134. The second-order valence-electron chi connectivity index (χ2n) is 4.51. The molecule has 1 N–H and O–H groups in total. The zero-order valence-corrected chi connectivity index (χ0v) is 13.2. The molecular formula is C14H20BrNO2. The summed E-state index contributed by atoms with van der Waals surface area (Å²) in [6.07, 6.45) is 0. The molecule has 1 aromatic rings. The Labute approximate surface area is 117 Å². The van der Waals surface area contributed by atoms with Crippen LogP contribution >= 0.6 is 15.9 Å². The molecule has 1 rings (SSSR count). The molecule has 0 aliphatic heterocycles. The Hall–Kier alpha value is -0.870. The quantitative estimate of drug-likeness (QED) is 0.908. The fourth-order valence-corrected chi connectivity index (χ4v) is 2.53. The molecule has 0 bridgehead atoms. The van der Waals surface area contributed by atoms with Crippen molar-refractivity contribution >= 4 is 21.7 Å². The van der Waals surface area contributed by atoms with Gasteiger partial charge in [0, 0.05) is 16.6 Å². The second kappa shape index (κ2) is 6.34. The van der Waals surface area contributed by atoms with E-state index in [1.807, 2.05) is 6.92 Å². The summed E-state index contributed by atoms with van der Waals surface area (Å²) in [6, 6.07) is 0. The maximum atomic E-state index is 11.0. The van der Waals surface area contributed by atoms with E-state index in [1.165, 1.54) is 5.56 Å². The molecule has 4 heteroatoms. The van der Waals surface area contributed by atoms with Crippen molar-refractivity contribution in [1.29, 1.82) is 0 Å². The van der Waals surface area contributed by atoms with Crippen molar-refractivity contribution < 1.29 is 9.53 Å². The molecule has 0 radical (unpaired) electrons. The lowest BCUT2D eigenvalue weighted by atomic mass is 9.99. The molecule has 0 atom stereocenters. The number of carbonyl (C=O) groups is 1. The van der Waals surface area contributed by atoms with Crippen LogP contribution in [0.25, 0.3) is 0 Å². The molecule has 1 aromatic carbocycles. The van der Waals surface area contributed by atoms with Gasteiger partial charge in [0.2, 0.25) is 0 Å². The summed E-state index contributed by atoms with van der Waals surface area (Å²) in [5, 5.41) is 3.14. The molecular weight excluding hydrogens is 294 g/mol. The molecule has 0 amide bonds. The number of hydrogen-bond acceptors (Lipinski definition) is 3. The number of ketones is 1.